The van der Waals surface area contributed by atoms with Gasteiger partial charge in [0.2, 0.25) is 17.1 Å². The van der Waals surface area contributed by atoms with Gasteiger partial charge in [-0.3, -0.25) is 4.79 Å². The summed E-state index contributed by atoms with van der Waals surface area (Å²) in [5.41, 5.74) is 7.76. The molecule has 1 heterocycles. The zero-order chi connectivity index (χ0) is 14.7. The van der Waals surface area contributed by atoms with Crippen LogP contribution in [0.4, 0.5) is 11.6 Å². The molecular formula is C13H12ClN5O. The van der Waals surface area contributed by atoms with Crippen LogP contribution in [0, 0.1) is 6.92 Å². The molecule has 20 heavy (non-hydrogen) atoms. The number of rotatable bonds is 4. The fourth-order valence-electron chi connectivity index (χ4n) is 1.62. The molecule has 2 rings (SSSR count). The summed E-state index contributed by atoms with van der Waals surface area (Å²) in [6.45, 7) is 5.55. The number of hydrogen-bond donors (Lipinski definition) is 2. The Balaban J connectivity index is 2.32. The number of anilines is 2. The number of halogens is 1. The van der Waals surface area contributed by atoms with Crippen LogP contribution in [0.2, 0.25) is 5.28 Å². The molecule has 0 aliphatic rings. The van der Waals surface area contributed by atoms with Crippen LogP contribution in [0.3, 0.4) is 0 Å². The normalized spacial score (nSPS) is 10.1. The number of primary amides is 1. The second kappa shape index (κ2) is 5.66. The molecule has 1 aromatic heterocycles. The van der Waals surface area contributed by atoms with Crippen LogP contribution >= 0.6 is 11.6 Å². The fraction of sp³-hybridized carbons (Fsp3) is 0.0769. The second-order valence-corrected chi connectivity index (χ2v) is 4.41. The Hall–Kier alpha value is -2.47. The van der Waals surface area contributed by atoms with E-state index in [4.69, 9.17) is 17.3 Å². The third-order valence-corrected chi connectivity index (χ3v) is 2.84. The minimum absolute atomic E-state index is 0.0939. The summed E-state index contributed by atoms with van der Waals surface area (Å²) in [6.07, 6.45) is 1.30. The van der Waals surface area contributed by atoms with Gasteiger partial charge in [-0.2, -0.15) is 4.98 Å². The van der Waals surface area contributed by atoms with Gasteiger partial charge in [0, 0.05) is 11.3 Å². The van der Waals surface area contributed by atoms with Gasteiger partial charge in [0.1, 0.15) is 6.33 Å². The van der Waals surface area contributed by atoms with Gasteiger partial charge in [0.05, 0.1) is 0 Å². The average Bonchev–Trinajstić information content (AvgIpc) is 2.40. The van der Waals surface area contributed by atoms with Crippen molar-refractivity contribution in [3.05, 3.63) is 47.5 Å². The van der Waals surface area contributed by atoms with Crippen molar-refractivity contribution >= 4 is 34.7 Å². The van der Waals surface area contributed by atoms with Crippen molar-refractivity contribution < 1.29 is 4.79 Å². The second-order valence-electron chi connectivity index (χ2n) is 4.08. The lowest BCUT2D eigenvalue weighted by atomic mass is 10.0. The molecule has 102 valence electrons. The molecule has 6 nitrogen and oxygen atoms in total. The van der Waals surface area contributed by atoms with Crippen molar-refractivity contribution in [2.24, 2.45) is 5.73 Å². The number of nitrogens with zero attached hydrogens (tertiary/aromatic N) is 3. The summed E-state index contributed by atoms with van der Waals surface area (Å²) in [5, 5.41) is 3.06. The highest BCUT2D eigenvalue weighted by molar-refractivity contribution is 6.28. The fourth-order valence-corrected chi connectivity index (χ4v) is 1.75. The summed E-state index contributed by atoms with van der Waals surface area (Å²) < 4.78 is 0. The number of benzene rings is 1. The molecule has 0 atom stereocenters. The Bertz CT molecular complexity index is 686. The van der Waals surface area contributed by atoms with E-state index in [0.29, 0.717) is 17.2 Å². The van der Waals surface area contributed by atoms with Crippen molar-refractivity contribution in [1.29, 1.82) is 0 Å². The quantitative estimate of drug-likeness (QED) is 0.840. The van der Waals surface area contributed by atoms with Crippen LogP contribution in [-0.2, 0) is 4.79 Å². The molecular weight excluding hydrogens is 278 g/mol. The molecule has 0 aliphatic carbocycles. The minimum Gasteiger partial charge on any atom is -0.366 e. The molecule has 1 amide bonds. The van der Waals surface area contributed by atoms with E-state index in [1.54, 1.807) is 6.07 Å². The van der Waals surface area contributed by atoms with Gasteiger partial charge < -0.3 is 11.1 Å². The van der Waals surface area contributed by atoms with Gasteiger partial charge in [-0.05, 0) is 41.8 Å². The third-order valence-electron chi connectivity index (χ3n) is 2.66. The van der Waals surface area contributed by atoms with Crippen molar-refractivity contribution in [3.8, 4) is 0 Å². The highest BCUT2D eigenvalue weighted by Crippen LogP contribution is 2.23. The number of aromatic nitrogens is 3. The summed E-state index contributed by atoms with van der Waals surface area (Å²) in [5.74, 6) is -0.252. The van der Waals surface area contributed by atoms with Crippen LogP contribution in [0.25, 0.3) is 5.57 Å². The first-order chi connectivity index (χ1) is 9.47. The number of hydrogen-bond acceptors (Lipinski definition) is 5. The van der Waals surface area contributed by atoms with Gasteiger partial charge in [-0.25, -0.2) is 9.97 Å². The number of nitrogens with two attached hydrogens (primary N) is 1. The summed E-state index contributed by atoms with van der Waals surface area (Å²) >= 11 is 5.68. The van der Waals surface area contributed by atoms with E-state index in [2.05, 4.69) is 26.8 Å². The van der Waals surface area contributed by atoms with Gasteiger partial charge >= 0.3 is 0 Å². The summed E-state index contributed by atoms with van der Waals surface area (Å²) in [7, 11) is 0. The zero-order valence-electron chi connectivity index (χ0n) is 10.7. The Morgan fingerprint density at radius 2 is 2.15 bits per heavy atom. The molecule has 0 spiro atoms. The summed E-state index contributed by atoms with van der Waals surface area (Å²) in [6, 6.07) is 5.42. The van der Waals surface area contributed by atoms with E-state index in [-0.39, 0.29) is 10.9 Å². The molecule has 1 aromatic carbocycles. The van der Waals surface area contributed by atoms with Crippen LogP contribution in [-0.4, -0.2) is 20.9 Å². The maximum atomic E-state index is 11.2. The lowest BCUT2D eigenvalue weighted by Crippen LogP contribution is -2.13. The summed E-state index contributed by atoms with van der Waals surface area (Å²) in [4.78, 5) is 22.8. The molecule has 3 N–H and O–H groups in total. The predicted molar refractivity (Wildman–Crippen MR) is 77.5 cm³/mol. The molecule has 0 radical (unpaired) electrons. The van der Waals surface area contributed by atoms with Crippen LogP contribution in [0.15, 0.2) is 31.1 Å². The van der Waals surface area contributed by atoms with E-state index in [1.807, 2.05) is 19.1 Å². The van der Waals surface area contributed by atoms with E-state index in [9.17, 15) is 4.79 Å². The molecule has 7 heteroatoms. The third kappa shape index (κ3) is 3.10. The molecule has 0 bridgehead atoms. The lowest BCUT2D eigenvalue weighted by Gasteiger charge is -2.10. The standard InChI is InChI=1S/C13H12ClN5O/c1-7-3-4-9(5-10(7)8(2)11(15)20)18-13-17-6-16-12(14)19-13/h3-6H,2H2,1H3,(H2,15,20)(H,16,17,18,19). The predicted octanol–water partition coefficient (Wildman–Crippen LogP) is 2.08. The minimum atomic E-state index is -0.562. The highest BCUT2D eigenvalue weighted by atomic mass is 35.5. The Morgan fingerprint density at radius 1 is 1.40 bits per heavy atom. The number of aryl methyl sites for hydroxylation is 1. The maximum absolute atomic E-state index is 11.2. The van der Waals surface area contributed by atoms with Crippen LogP contribution < -0.4 is 11.1 Å². The zero-order valence-corrected chi connectivity index (χ0v) is 11.5. The largest absolute Gasteiger partial charge is 0.366 e. The first kappa shape index (κ1) is 14.0. The van der Waals surface area contributed by atoms with Gasteiger partial charge in [0.15, 0.2) is 0 Å². The van der Waals surface area contributed by atoms with Crippen molar-refractivity contribution in [2.45, 2.75) is 6.92 Å². The molecule has 0 saturated heterocycles. The van der Waals surface area contributed by atoms with Gasteiger partial charge in [-0.15, -0.1) is 0 Å². The number of nitrogens with one attached hydrogen (secondary N) is 1. The van der Waals surface area contributed by atoms with Crippen LogP contribution in [0.1, 0.15) is 11.1 Å². The SMILES string of the molecule is C=C(C(N)=O)c1cc(Nc2ncnc(Cl)n2)ccc1C. The molecule has 0 saturated carbocycles. The number of carbonyl (C=O) groups is 1. The van der Waals surface area contributed by atoms with E-state index in [1.165, 1.54) is 6.33 Å². The monoisotopic (exact) mass is 289 g/mol. The van der Waals surface area contributed by atoms with Gasteiger partial charge in [0.25, 0.3) is 0 Å². The molecule has 0 fully saturated rings. The van der Waals surface area contributed by atoms with Crippen LogP contribution in [0.5, 0.6) is 0 Å². The molecule has 2 aromatic rings. The number of carbonyl (C=O) groups excluding carboxylic acids is 1. The van der Waals surface area contributed by atoms with Crippen molar-refractivity contribution in [2.75, 3.05) is 5.32 Å². The smallest absolute Gasteiger partial charge is 0.248 e. The maximum Gasteiger partial charge on any atom is 0.248 e. The average molecular weight is 290 g/mol. The Kier molecular flexibility index (Phi) is 3.95. The first-order valence-corrected chi connectivity index (χ1v) is 6.06. The first-order valence-electron chi connectivity index (χ1n) is 5.68. The molecule has 0 unspecified atom stereocenters. The highest BCUT2D eigenvalue weighted by Gasteiger charge is 2.10. The Labute approximate surface area is 120 Å². The lowest BCUT2D eigenvalue weighted by molar-refractivity contribution is -0.112. The van der Waals surface area contributed by atoms with Crippen molar-refractivity contribution in [1.82, 2.24) is 15.0 Å². The van der Waals surface area contributed by atoms with E-state index < -0.39 is 5.91 Å². The van der Waals surface area contributed by atoms with Crippen molar-refractivity contribution in [3.63, 3.8) is 0 Å². The van der Waals surface area contributed by atoms with E-state index >= 15 is 0 Å². The molecule has 0 aliphatic heterocycles. The van der Waals surface area contributed by atoms with Gasteiger partial charge in [-0.1, -0.05) is 12.6 Å². The van der Waals surface area contributed by atoms with E-state index in [0.717, 1.165) is 5.56 Å². The Morgan fingerprint density at radius 3 is 2.80 bits per heavy atom. The topological polar surface area (TPSA) is 93.8 Å². The number of amides is 1.